The van der Waals surface area contributed by atoms with Gasteiger partial charge in [0.1, 0.15) is 0 Å². The molecule has 1 atom stereocenters. The Balaban J connectivity index is 1.91. The van der Waals surface area contributed by atoms with Crippen LogP contribution in [0.1, 0.15) is 26.0 Å². The third-order valence-corrected chi connectivity index (χ3v) is 5.44. The highest BCUT2D eigenvalue weighted by molar-refractivity contribution is 8.18. The van der Waals surface area contributed by atoms with Gasteiger partial charge in [0.2, 0.25) is 0 Å². The van der Waals surface area contributed by atoms with Crippen molar-refractivity contribution in [1.82, 2.24) is 9.47 Å². The Bertz CT molecular complexity index is 852. The molecule has 1 saturated heterocycles. The van der Waals surface area contributed by atoms with E-state index in [0.717, 1.165) is 35.3 Å². The summed E-state index contributed by atoms with van der Waals surface area (Å²) in [5.41, 5.74) is 3.00. The van der Waals surface area contributed by atoms with E-state index in [-0.39, 0.29) is 17.2 Å². The summed E-state index contributed by atoms with van der Waals surface area (Å²) in [6.07, 6.45) is 4.50. The molecule has 0 N–H and O–H groups in total. The van der Waals surface area contributed by atoms with E-state index in [1.165, 1.54) is 4.90 Å². The number of rotatable bonds is 5. The van der Waals surface area contributed by atoms with E-state index in [9.17, 15) is 9.59 Å². The van der Waals surface area contributed by atoms with Crippen molar-refractivity contribution in [1.29, 1.82) is 0 Å². The van der Waals surface area contributed by atoms with Crippen molar-refractivity contribution < 1.29 is 9.59 Å². The number of amides is 2. The van der Waals surface area contributed by atoms with Crippen molar-refractivity contribution in [2.24, 2.45) is 0 Å². The molecule has 0 aliphatic carbocycles. The summed E-state index contributed by atoms with van der Waals surface area (Å²) in [6.45, 7) is 3.87. The van der Waals surface area contributed by atoms with Crippen LogP contribution in [0.25, 0.3) is 11.8 Å². The van der Waals surface area contributed by atoms with Gasteiger partial charge in [-0.05, 0) is 67.6 Å². The highest BCUT2D eigenvalue weighted by atomic mass is 32.2. The smallest absolute Gasteiger partial charge is 0.293 e. The van der Waals surface area contributed by atoms with Crippen LogP contribution in [-0.4, -0.2) is 40.8 Å². The van der Waals surface area contributed by atoms with Crippen molar-refractivity contribution in [3.63, 3.8) is 0 Å². The molecule has 3 rings (SSSR count). The number of carbonyl (C=O) groups excluding carboxylic acids is 2. The Kier molecular flexibility index (Phi) is 5.23. The second kappa shape index (κ2) is 7.41. The van der Waals surface area contributed by atoms with Crippen LogP contribution in [0.15, 0.2) is 47.5 Å². The van der Waals surface area contributed by atoms with Gasteiger partial charge in [-0.2, -0.15) is 0 Å². The van der Waals surface area contributed by atoms with Gasteiger partial charge in [-0.25, -0.2) is 0 Å². The maximum atomic E-state index is 12.6. The molecule has 26 heavy (non-hydrogen) atoms. The topological polar surface area (TPSA) is 45.6 Å². The zero-order chi connectivity index (χ0) is 18.8. The van der Waals surface area contributed by atoms with Gasteiger partial charge < -0.3 is 9.47 Å². The molecular weight excluding hydrogens is 346 g/mol. The maximum absolute atomic E-state index is 12.6. The first-order chi connectivity index (χ1) is 12.4. The molecule has 0 unspecified atom stereocenters. The first kappa shape index (κ1) is 18.3. The van der Waals surface area contributed by atoms with Crippen LogP contribution in [0.3, 0.4) is 0 Å². The third-order valence-electron chi connectivity index (χ3n) is 4.56. The van der Waals surface area contributed by atoms with Crippen LogP contribution in [-0.2, 0) is 4.79 Å². The molecule has 0 radical (unpaired) electrons. The minimum Gasteiger partial charge on any atom is -0.378 e. The lowest BCUT2D eigenvalue weighted by Crippen LogP contribution is -2.36. The van der Waals surface area contributed by atoms with Crippen LogP contribution >= 0.6 is 11.8 Å². The predicted octanol–water partition coefficient (Wildman–Crippen LogP) is 4.38. The van der Waals surface area contributed by atoms with Crippen molar-refractivity contribution in [2.75, 3.05) is 19.0 Å². The second-order valence-electron chi connectivity index (χ2n) is 6.52. The number of nitrogens with zero attached hydrogens (tertiary/aromatic N) is 3. The first-order valence-corrected chi connectivity index (χ1v) is 9.46. The molecule has 2 heterocycles. The van der Waals surface area contributed by atoms with Crippen LogP contribution < -0.4 is 4.90 Å². The molecule has 6 heteroatoms. The van der Waals surface area contributed by atoms with Gasteiger partial charge in [-0.15, -0.1) is 0 Å². The summed E-state index contributed by atoms with van der Waals surface area (Å²) in [6, 6.07) is 12.0. The number of benzene rings is 1. The van der Waals surface area contributed by atoms with Gasteiger partial charge >= 0.3 is 0 Å². The van der Waals surface area contributed by atoms with E-state index >= 15 is 0 Å². The van der Waals surface area contributed by atoms with Crippen LogP contribution in [0, 0.1) is 0 Å². The highest BCUT2D eigenvalue weighted by Crippen LogP contribution is 2.34. The van der Waals surface area contributed by atoms with Gasteiger partial charge in [-0.3, -0.25) is 14.5 Å². The van der Waals surface area contributed by atoms with Crippen LogP contribution in [0.5, 0.6) is 0 Å². The molecule has 1 aromatic heterocycles. The fraction of sp³-hybridized carbons (Fsp3) is 0.300. The number of hydrogen-bond donors (Lipinski definition) is 0. The summed E-state index contributed by atoms with van der Waals surface area (Å²) in [5.74, 6) is -0.204. The van der Waals surface area contributed by atoms with Crippen molar-refractivity contribution in [2.45, 2.75) is 26.3 Å². The van der Waals surface area contributed by atoms with E-state index in [1.807, 2.05) is 67.9 Å². The Morgan fingerprint density at radius 1 is 1.15 bits per heavy atom. The van der Waals surface area contributed by atoms with Crippen molar-refractivity contribution >= 4 is 34.7 Å². The van der Waals surface area contributed by atoms with Gasteiger partial charge in [0.15, 0.2) is 0 Å². The molecule has 136 valence electrons. The molecule has 0 saturated carbocycles. The van der Waals surface area contributed by atoms with E-state index in [1.54, 1.807) is 6.08 Å². The summed E-state index contributed by atoms with van der Waals surface area (Å²) >= 11 is 1.01. The number of thioether (sulfide) groups is 1. The molecule has 1 aliphatic rings. The zero-order valence-corrected chi connectivity index (χ0v) is 16.3. The van der Waals surface area contributed by atoms with E-state index in [2.05, 4.69) is 12.1 Å². The molecule has 1 aliphatic heterocycles. The van der Waals surface area contributed by atoms with Gasteiger partial charge in [0, 0.05) is 43.4 Å². The fourth-order valence-electron chi connectivity index (χ4n) is 2.83. The van der Waals surface area contributed by atoms with E-state index in [0.29, 0.717) is 4.91 Å². The molecule has 0 spiro atoms. The predicted molar refractivity (Wildman–Crippen MR) is 108 cm³/mol. The summed E-state index contributed by atoms with van der Waals surface area (Å²) in [5, 5.41) is -0.191. The van der Waals surface area contributed by atoms with Crippen LogP contribution in [0.4, 0.5) is 10.5 Å². The van der Waals surface area contributed by atoms with Gasteiger partial charge in [0.05, 0.1) is 4.91 Å². The Morgan fingerprint density at radius 3 is 2.46 bits per heavy atom. The zero-order valence-electron chi connectivity index (χ0n) is 15.5. The molecule has 1 fully saturated rings. The Labute approximate surface area is 158 Å². The molecule has 2 amide bonds. The van der Waals surface area contributed by atoms with Crippen molar-refractivity contribution in [3.05, 3.63) is 53.2 Å². The first-order valence-electron chi connectivity index (χ1n) is 8.64. The van der Waals surface area contributed by atoms with Gasteiger partial charge in [0.25, 0.3) is 11.1 Å². The number of carbonyl (C=O) groups is 2. The van der Waals surface area contributed by atoms with Crippen molar-refractivity contribution in [3.8, 4) is 5.69 Å². The fourth-order valence-corrected chi connectivity index (χ4v) is 3.75. The lowest BCUT2D eigenvalue weighted by molar-refractivity contribution is -0.124. The third kappa shape index (κ3) is 3.42. The number of aromatic nitrogens is 1. The van der Waals surface area contributed by atoms with E-state index in [4.69, 9.17) is 0 Å². The molecular formula is C20H23N3O2S. The standard InChI is InChI=1S/C20H23N3O2S/c1-5-14(2)23-19(24)18(26-20(23)25)13-17-7-6-12-22(17)16-10-8-15(9-11-16)21(3)4/h6-14H,5H2,1-4H3/b18-13-/t14-/m1/s1. The van der Waals surface area contributed by atoms with Gasteiger partial charge in [-0.1, -0.05) is 6.92 Å². The maximum Gasteiger partial charge on any atom is 0.293 e. The number of anilines is 1. The SMILES string of the molecule is CC[C@@H](C)N1C(=O)S/C(=C\c2cccn2-c2ccc(N(C)C)cc2)C1=O. The number of imide groups is 1. The minimum absolute atomic E-state index is 0.0845. The lowest BCUT2D eigenvalue weighted by Gasteiger charge is -2.19. The largest absolute Gasteiger partial charge is 0.378 e. The highest BCUT2D eigenvalue weighted by Gasteiger charge is 2.37. The summed E-state index contributed by atoms with van der Waals surface area (Å²) in [7, 11) is 4.01. The van der Waals surface area contributed by atoms with E-state index < -0.39 is 0 Å². The minimum atomic E-state index is -0.204. The molecule has 2 aromatic rings. The Hall–Kier alpha value is -2.47. The molecule has 0 bridgehead atoms. The Morgan fingerprint density at radius 2 is 1.85 bits per heavy atom. The average molecular weight is 369 g/mol. The number of hydrogen-bond acceptors (Lipinski definition) is 4. The van der Waals surface area contributed by atoms with Crippen LogP contribution in [0.2, 0.25) is 0 Å². The monoisotopic (exact) mass is 369 g/mol. The second-order valence-corrected chi connectivity index (χ2v) is 7.52. The average Bonchev–Trinajstić information content (AvgIpc) is 3.19. The summed E-state index contributed by atoms with van der Waals surface area (Å²) < 4.78 is 2.01. The summed E-state index contributed by atoms with van der Waals surface area (Å²) in [4.78, 5) is 28.7. The lowest BCUT2D eigenvalue weighted by atomic mass is 10.2. The normalized spacial score (nSPS) is 17.2. The molecule has 5 nitrogen and oxygen atoms in total. The molecule has 1 aromatic carbocycles. The quantitative estimate of drug-likeness (QED) is 0.734.